The van der Waals surface area contributed by atoms with Crippen molar-refractivity contribution in [3.8, 4) is 6.07 Å². The number of nitriles is 1. The minimum atomic E-state index is -2.20. The summed E-state index contributed by atoms with van der Waals surface area (Å²) in [6, 6.07) is 28.2. The fourth-order valence-corrected chi connectivity index (χ4v) is 2.74. The molecular weight excluding hydrogens is 299 g/mol. The standard InChI is InChI=1S/C21H17FN2/c22-21(16-23,18-12-6-2-7-13-18)20(17-10-4-1-5-11-17)24-19-14-8-3-9-15-19/h1-15,20,24H. The summed E-state index contributed by atoms with van der Waals surface area (Å²) < 4.78 is 15.9. The summed E-state index contributed by atoms with van der Waals surface area (Å²) in [5.41, 5.74) is -0.378. The van der Waals surface area contributed by atoms with E-state index in [1.807, 2.05) is 72.8 Å². The molecule has 3 aromatic rings. The number of para-hydroxylation sites is 1. The first-order chi connectivity index (χ1) is 11.7. The number of alkyl halides is 1. The quantitative estimate of drug-likeness (QED) is 0.699. The minimum absolute atomic E-state index is 0.338. The maximum atomic E-state index is 15.9. The molecule has 0 aliphatic heterocycles. The molecule has 3 aromatic carbocycles. The second-order valence-corrected chi connectivity index (χ2v) is 5.54. The third-order valence-corrected chi connectivity index (χ3v) is 3.97. The highest BCUT2D eigenvalue weighted by molar-refractivity contribution is 5.49. The van der Waals surface area contributed by atoms with E-state index in [1.54, 1.807) is 24.3 Å². The van der Waals surface area contributed by atoms with Gasteiger partial charge in [0.25, 0.3) is 0 Å². The molecule has 24 heavy (non-hydrogen) atoms. The Morgan fingerprint density at radius 2 is 1.29 bits per heavy atom. The van der Waals surface area contributed by atoms with Gasteiger partial charge in [0.1, 0.15) is 12.1 Å². The highest BCUT2D eigenvalue weighted by Crippen LogP contribution is 2.40. The van der Waals surface area contributed by atoms with E-state index >= 15 is 4.39 Å². The van der Waals surface area contributed by atoms with E-state index in [9.17, 15) is 5.26 Å². The molecular formula is C21H17FN2. The van der Waals surface area contributed by atoms with Gasteiger partial charge in [-0.25, -0.2) is 4.39 Å². The first-order valence-electron chi connectivity index (χ1n) is 7.76. The van der Waals surface area contributed by atoms with Gasteiger partial charge >= 0.3 is 0 Å². The predicted molar refractivity (Wildman–Crippen MR) is 94.1 cm³/mol. The van der Waals surface area contributed by atoms with Gasteiger partial charge in [-0.3, -0.25) is 0 Å². The largest absolute Gasteiger partial charge is 0.374 e. The van der Waals surface area contributed by atoms with Crippen LogP contribution in [-0.4, -0.2) is 0 Å². The molecule has 118 valence electrons. The van der Waals surface area contributed by atoms with Gasteiger partial charge in [0.05, 0.1) is 0 Å². The van der Waals surface area contributed by atoms with Gasteiger partial charge in [-0.1, -0.05) is 78.9 Å². The molecule has 1 N–H and O–H groups in total. The lowest BCUT2D eigenvalue weighted by Crippen LogP contribution is -2.32. The maximum Gasteiger partial charge on any atom is 0.245 e. The van der Waals surface area contributed by atoms with Gasteiger partial charge in [-0.05, 0) is 17.7 Å². The normalized spacial score (nSPS) is 14.2. The van der Waals surface area contributed by atoms with E-state index in [4.69, 9.17) is 0 Å². The van der Waals surface area contributed by atoms with Crippen molar-refractivity contribution in [1.82, 2.24) is 0 Å². The van der Waals surface area contributed by atoms with Crippen LogP contribution in [0.15, 0.2) is 91.0 Å². The van der Waals surface area contributed by atoms with Crippen molar-refractivity contribution < 1.29 is 4.39 Å². The Hall–Kier alpha value is -3.12. The van der Waals surface area contributed by atoms with Crippen molar-refractivity contribution >= 4 is 5.69 Å². The monoisotopic (exact) mass is 316 g/mol. The van der Waals surface area contributed by atoms with Crippen LogP contribution in [0, 0.1) is 11.3 Å². The molecule has 2 unspecified atom stereocenters. The van der Waals surface area contributed by atoms with E-state index in [2.05, 4.69) is 5.32 Å². The second kappa shape index (κ2) is 6.97. The SMILES string of the molecule is N#CC(F)(c1ccccc1)C(Nc1ccccc1)c1ccccc1. The van der Waals surface area contributed by atoms with Gasteiger partial charge in [-0.2, -0.15) is 5.26 Å². The number of hydrogen-bond acceptors (Lipinski definition) is 2. The molecule has 0 fully saturated rings. The number of halogens is 1. The van der Waals surface area contributed by atoms with Crippen LogP contribution in [0.2, 0.25) is 0 Å². The van der Waals surface area contributed by atoms with Crippen molar-refractivity contribution in [1.29, 1.82) is 5.26 Å². The van der Waals surface area contributed by atoms with E-state index in [0.717, 1.165) is 5.69 Å². The average molecular weight is 316 g/mol. The van der Waals surface area contributed by atoms with Crippen LogP contribution in [-0.2, 0) is 5.67 Å². The van der Waals surface area contributed by atoms with Crippen molar-refractivity contribution in [3.05, 3.63) is 102 Å². The van der Waals surface area contributed by atoms with Crippen LogP contribution in [0.1, 0.15) is 17.2 Å². The number of hydrogen-bond donors (Lipinski definition) is 1. The van der Waals surface area contributed by atoms with Crippen molar-refractivity contribution in [2.75, 3.05) is 5.32 Å². The van der Waals surface area contributed by atoms with Gasteiger partial charge in [0.15, 0.2) is 0 Å². The van der Waals surface area contributed by atoms with Crippen molar-refractivity contribution in [2.24, 2.45) is 0 Å². The average Bonchev–Trinajstić information content (AvgIpc) is 2.68. The molecule has 0 heterocycles. The van der Waals surface area contributed by atoms with Crippen LogP contribution in [0.5, 0.6) is 0 Å². The summed E-state index contributed by atoms with van der Waals surface area (Å²) in [5.74, 6) is 0. The third kappa shape index (κ3) is 3.13. The molecule has 3 rings (SSSR count). The topological polar surface area (TPSA) is 35.8 Å². The number of nitrogens with one attached hydrogen (secondary N) is 1. The van der Waals surface area contributed by atoms with E-state index in [0.29, 0.717) is 11.1 Å². The molecule has 0 saturated carbocycles. The summed E-state index contributed by atoms with van der Waals surface area (Å²) >= 11 is 0. The Kier molecular flexibility index (Phi) is 4.58. The molecule has 0 bridgehead atoms. The molecule has 2 atom stereocenters. The zero-order chi connectivity index (χ0) is 16.8. The number of rotatable bonds is 5. The Morgan fingerprint density at radius 1 is 0.792 bits per heavy atom. The summed E-state index contributed by atoms with van der Waals surface area (Å²) in [5, 5.41) is 12.9. The third-order valence-electron chi connectivity index (χ3n) is 3.97. The molecule has 0 aliphatic rings. The molecule has 0 aliphatic carbocycles. The highest BCUT2D eigenvalue weighted by atomic mass is 19.1. The van der Waals surface area contributed by atoms with Crippen molar-refractivity contribution in [2.45, 2.75) is 11.7 Å². The fraction of sp³-hybridized carbons (Fsp3) is 0.0952. The lowest BCUT2D eigenvalue weighted by atomic mass is 9.85. The van der Waals surface area contributed by atoms with Crippen LogP contribution in [0.25, 0.3) is 0 Å². The van der Waals surface area contributed by atoms with Crippen LogP contribution < -0.4 is 5.32 Å². The number of benzene rings is 3. The van der Waals surface area contributed by atoms with Gasteiger partial charge in [0, 0.05) is 11.3 Å². The first kappa shape index (κ1) is 15.8. The Morgan fingerprint density at radius 3 is 1.83 bits per heavy atom. The van der Waals surface area contributed by atoms with Crippen LogP contribution >= 0.6 is 0 Å². The van der Waals surface area contributed by atoms with Crippen molar-refractivity contribution in [3.63, 3.8) is 0 Å². The summed E-state index contributed by atoms with van der Waals surface area (Å²) in [4.78, 5) is 0. The zero-order valence-electron chi connectivity index (χ0n) is 13.1. The summed E-state index contributed by atoms with van der Waals surface area (Å²) in [6.07, 6.45) is 0. The fourth-order valence-electron chi connectivity index (χ4n) is 2.74. The lowest BCUT2D eigenvalue weighted by molar-refractivity contribution is 0.209. The van der Waals surface area contributed by atoms with E-state index in [-0.39, 0.29) is 0 Å². The molecule has 2 nitrogen and oxygen atoms in total. The summed E-state index contributed by atoms with van der Waals surface area (Å²) in [7, 11) is 0. The smallest absolute Gasteiger partial charge is 0.245 e. The highest BCUT2D eigenvalue weighted by Gasteiger charge is 2.42. The van der Waals surface area contributed by atoms with Crippen LogP contribution in [0.3, 0.4) is 0 Å². The Labute approximate surface area is 141 Å². The number of nitrogens with zero attached hydrogens (tertiary/aromatic N) is 1. The minimum Gasteiger partial charge on any atom is -0.374 e. The van der Waals surface area contributed by atoms with E-state index in [1.165, 1.54) is 0 Å². The molecule has 0 aromatic heterocycles. The Bertz CT molecular complexity index is 813. The molecule has 0 saturated heterocycles. The van der Waals surface area contributed by atoms with E-state index < -0.39 is 11.7 Å². The molecule has 3 heteroatoms. The van der Waals surface area contributed by atoms with Gasteiger partial charge in [-0.15, -0.1) is 0 Å². The van der Waals surface area contributed by atoms with Gasteiger partial charge < -0.3 is 5.32 Å². The molecule has 0 amide bonds. The van der Waals surface area contributed by atoms with Crippen LogP contribution in [0.4, 0.5) is 10.1 Å². The Balaban J connectivity index is 2.08. The maximum absolute atomic E-state index is 15.9. The number of anilines is 1. The predicted octanol–water partition coefficient (Wildman–Crippen LogP) is 5.23. The lowest BCUT2D eigenvalue weighted by Gasteiger charge is -2.30. The zero-order valence-corrected chi connectivity index (χ0v) is 13.1. The second-order valence-electron chi connectivity index (χ2n) is 5.54. The van der Waals surface area contributed by atoms with Gasteiger partial charge in [0.2, 0.25) is 5.67 Å². The molecule has 0 radical (unpaired) electrons. The summed E-state index contributed by atoms with van der Waals surface area (Å²) in [6.45, 7) is 0. The first-order valence-corrected chi connectivity index (χ1v) is 7.76. The molecule has 0 spiro atoms.